The van der Waals surface area contributed by atoms with Crippen LogP contribution in [0.2, 0.25) is 0 Å². The minimum Gasteiger partial charge on any atom is -0.404 e. The van der Waals surface area contributed by atoms with Crippen molar-refractivity contribution in [1.82, 2.24) is 9.97 Å². The number of aliphatic imine (C=N–C) groups is 1. The number of nitrogens with zero attached hydrogens (tertiary/aromatic N) is 3. The lowest BCUT2D eigenvalue weighted by atomic mass is 9.91. The first-order valence-electron chi connectivity index (χ1n) is 18.5. The van der Waals surface area contributed by atoms with Gasteiger partial charge in [0.1, 0.15) is 0 Å². The molecule has 6 aromatic rings. The molecule has 0 aliphatic heterocycles. The number of rotatable bonds is 8. The van der Waals surface area contributed by atoms with E-state index >= 15 is 0 Å². The van der Waals surface area contributed by atoms with Crippen LogP contribution in [0.5, 0.6) is 0 Å². The molecule has 1 aliphatic rings. The van der Waals surface area contributed by atoms with Crippen molar-refractivity contribution in [2.75, 3.05) is 7.05 Å². The van der Waals surface area contributed by atoms with E-state index in [0.717, 1.165) is 46.0 Å². The zero-order valence-corrected chi connectivity index (χ0v) is 31.6. The average Bonchev–Trinajstić information content (AvgIpc) is 4.01. The fraction of sp³-hybridized carbons (Fsp3) is 0.326. The normalized spacial score (nSPS) is 13.9. The van der Waals surface area contributed by atoms with Crippen molar-refractivity contribution < 1.29 is 8.78 Å². The van der Waals surface area contributed by atoms with Gasteiger partial charge in [-0.05, 0) is 105 Å². The smallest absolute Gasteiger partial charge is 0.264 e. The van der Waals surface area contributed by atoms with Gasteiger partial charge in [-0.25, -0.2) is 8.78 Å². The number of pyridine rings is 2. The second kappa shape index (κ2) is 17.5. The first-order chi connectivity index (χ1) is 25.1. The Bertz CT molecular complexity index is 2170. The molecule has 1 fully saturated rings. The molecule has 0 amide bonds. The highest BCUT2D eigenvalue weighted by Crippen LogP contribution is 2.45. The molecule has 0 saturated heterocycles. The number of hydrogen-bond acceptors (Lipinski definition) is 4. The summed E-state index contributed by atoms with van der Waals surface area (Å²) in [6.07, 6.45) is 9.90. The monoisotopic (exact) mass is 698 g/mol. The van der Waals surface area contributed by atoms with Gasteiger partial charge in [0.2, 0.25) is 0 Å². The van der Waals surface area contributed by atoms with Crippen molar-refractivity contribution in [1.29, 1.82) is 0 Å². The third-order valence-electron chi connectivity index (χ3n) is 10.0. The SMILES string of the molecule is CC(C)c1cccc2cc(C3CC3)c(C(F)F)cc12.CCC(C)c1cccc2ccncc12.CN=C/C(=C\N)c1cc2cccc(C(C)C)c2cn1. The molecular formula is C46H52F2N4. The Kier molecular flexibility index (Phi) is 12.9. The van der Waals surface area contributed by atoms with Crippen LogP contribution in [0.15, 0.2) is 109 Å². The molecular weight excluding hydrogens is 647 g/mol. The maximum Gasteiger partial charge on any atom is 0.264 e. The molecule has 0 spiro atoms. The fourth-order valence-electron chi connectivity index (χ4n) is 6.80. The molecule has 52 heavy (non-hydrogen) atoms. The van der Waals surface area contributed by atoms with Gasteiger partial charge < -0.3 is 5.73 Å². The lowest BCUT2D eigenvalue weighted by molar-refractivity contribution is 0.150. The van der Waals surface area contributed by atoms with Gasteiger partial charge in [0.15, 0.2) is 0 Å². The molecule has 1 aliphatic carbocycles. The molecule has 4 aromatic carbocycles. The Labute approximate surface area is 307 Å². The molecule has 2 N–H and O–H groups in total. The van der Waals surface area contributed by atoms with E-state index in [9.17, 15) is 8.78 Å². The Morgan fingerprint density at radius 1 is 0.769 bits per heavy atom. The Hall–Kier alpha value is -4.97. The molecule has 0 radical (unpaired) electrons. The quantitative estimate of drug-likeness (QED) is 0.161. The van der Waals surface area contributed by atoms with Crippen molar-refractivity contribution in [3.8, 4) is 0 Å². The number of fused-ring (bicyclic) bond motifs is 3. The molecule has 1 saturated carbocycles. The van der Waals surface area contributed by atoms with Gasteiger partial charge in [0.25, 0.3) is 6.43 Å². The first-order valence-corrected chi connectivity index (χ1v) is 18.5. The highest BCUT2D eigenvalue weighted by Gasteiger charge is 2.29. The molecule has 270 valence electrons. The molecule has 1 unspecified atom stereocenters. The van der Waals surface area contributed by atoms with Crippen molar-refractivity contribution in [3.05, 3.63) is 137 Å². The Morgan fingerprint density at radius 2 is 1.37 bits per heavy atom. The van der Waals surface area contributed by atoms with Gasteiger partial charge in [-0.2, -0.15) is 0 Å². The van der Waals surface area contributed by atoms with E-state index in [1.165, 1.54) is 45.3 Å². The second-order valence-electron chi connectivity index (χ2n) is 14.3. The first kappa shape index (κ1) is 38.3. The van der Waals surface area contributed by atoms with Crippen LogP contribution in [-0.2, 0) is 0 Å². The predicted octanol–water partition coefficient (Wildman–Crippen LogP) is 12.9. The summed E-state index contributed by atoms with van der Waals surface area (Å²) in [5, 5.41) is 7.04. The van der Waals surface area contributed by atoms with Crippen LogP contribution in [0.3, 0.4) is 0 Å². The standard InChI is InChI=1S/C17H18F2.C16H19N3.C13H15N/c1-10(2)13-5-3-4-12-8-14(11-6-7-11)16(17(18)19)9-15(12)13;1-11(2)14-6-4-5-12-7-16(19-10-15(12)14)13(8-17)9-18-3;1-3-10(2)12-6-4-5-11-7-8-14-9-13(11)12/h3-5,8-11,17H,6-7H2,1-2H3;4-11H,17H2,1-3H3;4-10H,3H2,1-2H3/b;13-8+,18-9?;. The minimum atomic E-state index is -2.37. The summed E-state index contributed by atoms with van der Waals surface area (Å²) in [6, 6.07) is 26.8. The summed E-state index contributed by atoms with van der Waals surface area (Å²) in [4.78, 5) is 12.7. The summed E-state index contributed by atoms with van der Waals surface area (Å²) >= 11 is 0. The van der Waals surface area contributed by atoms with Crippen molar-refractivity contribution in [3.63, 3.8) is 0 Å². The van der Waals surface area contributed by atoms with Gasteiger partial charge in [-0.15, -0.1) is 0 Å². The number of allylic oxidation sites excluding steroid dienone is 1. The van der Waals surface area contributed by atoms with E-state index in [-0.39, 0.29) is 5.56 Å². The highest BCUT2D eigenvalue weighted by molar-refractivity contribution is 6.09. The number of alkyl halides is 2. The Balaban J connectivity index is 0.000000153. The van der Waals surface area contributed by atoms with E-state index in [0.29, 0.717) is 23.7 Å². The van der Waals surface area contributed by atoms with Gasteiger partial charge in [-0.1, -0.05) is 102 Å². The fourth-order valence-corrected chi connectivity index (χ4v) is 6.80. The van der Waals surface area contributed by atoms with Crippen molar-refractivity contribution in [2.24, 2.45) is 10.7 Å². The molecule has 1 atom stereocenters. The highest BCUT2D eigenvalue weighted by atomic mass is 19.3. The average molecular weight is 699 g/mol. The van der Waals surface area contributed by atoms with Gasteiger partial charge in [0, 0.05) is 60.0 Å². The van der Waals surface area contributed by atoms with E-state index < -0.39 is 6.43 Å². The third kappa shape index (κ3) is 8.90. The molecule has 6 heteroatoms. The van der Waals surface area contributed by atoms with Crippen LogP contribution in [0, 0.1) is 0 Å². The predicted molar refractivity (Wildman–Crippen MR) is 218 cm³/mol. The van der Waals surface area contributed by atoms with Gasteiger partial charge >= 0.3 is 0 Å². The van der Waals surface area contributed by atoms with Gasteiger partial charge in [0.05, 0.1) is 5.69 Å². The topological polar surface area (TPSA) is 64.2 Å². The summed E-state index contributed by atoms with van der Waals surface area (Å²) in [7, 11) is 1.72. The van der Waals surface area contributed by atoms with Gasteiger partial charge in [-0.3, -0.25) is 15.0 Å². The zero-order chi connectivity index (χ0) is 37.4. The molecule has 2 heterocycles. The third-order valence-corrected chi connectivity index (χ3v) is 10.0. The van der Waals surface area contributed by atoms with Crippen LogP contribution < -0.4 is 5.73 Å². The van der Waals surface area contributed by atoms with E-state index in [1.807, 2.05) is 42.9 Å². The van der Waals surface area contributed by atoms with Crippen LogP contribution >= 0.6 is 0 Å². The lowest BCUT2D eigenvalue weighted by Crippen LogP contribution is -1.96. The largest absolute Gasteiger partial charge is 0.404 e. The maximum atomic E-state index is 13.3. The molecule has 7 rings (SSSR count). The zero-order valence-electron chi connectivity index (χ0n) is 31.6. The van der Waals surface area contributed by atoms with Crippen LogP contribution in [0.25, 0.3) is 37.9 Å². The van der Waals surface area contributed by atoms with Crippen LogP contribution in [-0.4, -0.2) is 23.2 Å². The maximum absolute atomic E-state index is 13.3. The summed E-state index contributed by atoms with van der Waals surface area (Å²) in [6.45, 7) is 13.1. The molecule has 4 nitrogen and oxygen atoms in total. The number of aromatic nitrogens is 2. The van der Waals surface area contributed by atoms with Crippen molar-refractivity contribution >= 4 is 44.1 Å². The summed E-state index contributed by atoms with van der Waals surface area (Å²) in [5.41, 5.74) is 12.3. The molecule has 2 aromatic heterocycles. The van der Waals surface area contributed by atoms with E-state index in [2.05, 4.69) is 105 Å². The summed E-state index contributed by atoms with van der Waals surface area (Å²) in [5.74, 6) is 1.80. The van der Waals surface area contributed by atoms with E-state index in [1.54, 1.807) is 19.3 Å². The van der Waals surface area contributed by atoms with E-state index in [4.69, 9.17) is 5.73 Å². The summed E-state index contributed by atoms with van der Waals surface area (Å²) < 4.78 is 26.6. The molecule has 0 bridgehead atoms. The number of benzene rings is 4. The van der Waals surface area contributed by atoms with Crippen LogP contribution in [0.4, 0.5) is 8.78 Å². The number of nitrogens with two attached hydrogens (primary N) is 1. The number of halogens is 2. The number of hydrogen-bond donors (Lipinski definition) is 1. The Morgan fingerprint density at radius 3 is 1.94 bits per heavy atom. The lowest BCUT2D eigenvalue weighted by Gasteiger charge is -2.15. The minimum absolute atomic E-state index is 0.239. The second-order valence-corrected chi connectivity index (χ2v) is 14.3. The van der Waals surface area contributed by atoms with Crippen LogP contribution in [0.1, 0.15) is 124 Å². The van der Waals surface area contributed by atoms with Crippen molar-refractivity contribution in [2.45, 2.75) is 90.9 Å².